The summed E-state index contributed by atoms with van der Waals surface area (Å²) in [6.45, 7) is 1.93. The van der Waals surface area contributed by atoms with Crippen molar-refractivity contribution in [3.63, 3.8) is 0 Å². The highest BCUT2D eigenvalue weighted by Crippen LogP contribution is 2.30. The van der Waals surface area contributed by atoms with Gasteiger partial charge in [-0.2, -0.15) is 0 Å². The zero-order chi connectivity index (χ0) is 12.4. The third-order valence-electron chi connectivity index (χ3n) is 2.49. The SMILES string of the molecule is Cc1nnc(CSc2cc(N)ccc2Cl)n1C. The van der Waals surface area contributed by atoms with Crippen molar-refractivity contribution >= 4 is 29.1 Å². The fraction of sp³-hybridized carbons (Fsp3) is 0.273. The number of thioether (sulfide) groups is 1. The molecule has 0 bridgehead atoms. The van der Waals surface area contributed by atoms with E-state index in [-0.39, 0.29) is 0 Å². The maximum Gasteiger partial charge on any atom is 0.143 e. The maximum atomic E-state index is 6.09. The largest absolute Gasteiger partial charge is 0.399 e. The van der Waals surface area contributed by atoms with E-state index in [1.54, 1.807) is 23.9 Å². The molecule has 0 radical (unpaired) electrons. The second-order valence-corrected chi connectivity index (χ2v) is 5.13. The number of nitrogens with two attached hydrogens (primary N) is 1. The molecule has 2 aromatic rings. The minimum absolute atomic E-state index is 0.711. The topological polar surface area (TPSA) is 56.7 Å². The van der Waals surface area contributed by atoms with Crippen LogP contribution in [-0.2, 0) is 12.8 Å². The van der Waals surface area contributed by atoms with Gasteiger partial charge in [0.1, 0.15) is 11.6 Å². The molecule has 6 heteroatoms. The van der Waals surface area contributed by atoms with Gasteiger partial charge in [0.05, 0.1) is 10.8 Å². The van der Waals surface area contributed by atoms with E-state index in [0.717, 1.165) is 22.3 Å². The van der Waals surface area contributed by atoms with Crippen molar-refractivity contribution in [2.45, 2.75) is 17.6 Å². The van der Waals surface area contributed by atoms with Crippen LogP contribution < -0.4 is 5.73 Å². The third kappa shape index (κ3) is 2.73. The summed E-state index contributed by atoms with van der Waals surface area (Å²) in [5.74, 6) is 2.55. The summed E-state index contributed by atoms with van der Waals surface area (Å²) in [4.78, 5) is 0.965. The molecule has 0 amide bonds. The van der Waals surface area contributed by atoms with Crippen LogP contribution in [0.15, 0.2) is 23.1 Å². The van der Waals surface area contributed by atoms with Gasteiger partial charge in [0, 0.05) is 17.6 Å². The fourth-order valence-corrected chi connectivity index (χ4v) is 2.59. The average Bonchev–Trinajstić information content (AvgIpc) is 2.62. The highest BCUT2D eigenvalue weighted by Gasteiger charge is 2.07. The van der Waals surface area contributed by atoms with E-state index in [1.807, 2.05) is 24.6 Å². The second-order valence-electron chi connectivity index (χ2n) is 3.70. The van der Waals surface area contributed by atoms with Gasteiger partial charge in [0.2, 0.25) is 0 Å². The van der Waals surface area contributed by atoms with Crippen molar-refractivity contribution in [2.24, 2.45) is 7.05 Å². The van der Waals surface area contributed by atoms with E-state index in [9.17, 15) is 0 Å². The number of benzene rings is 1. The van der Waals surface area contributed by atoms with Crippen LogP contribution in [0.25, 0.3) is 0 Å². The van der Waals surface area contributed by atoms with Crippen LogP contribution in [0.4, 0.5) is 5.69 Å². The van der Waals surface area contributed by atoms with Crippen LogP contribution in [0.3, 0.4) is 0 Å². The molecular weight excluding hydrogens is 256 g/mol. The summed E-state index contributed by atoms with van der Waals surface area (Å²) >= 11 is 7.69. The van der Waals surface area contributed by atoms with Gasteiger partial charge in [-0.3, -0.25) is 0 Å². The summed E-state index contributed by atoms with van der Waals surface area (Å²) in [6, 6.07) is 5.47. The van der Waals surface area contributed by atoms with Gasteiger partial charge in [-0.25, -0.2) is 0 Å². The number of hydrogen-bond donors (Lipinski definition) is 1. The van der Waals surface area contributed by atoms with Gasteiger partial charge < -0.3 is 10.3 Å². The van der Waals surface area contributed by atoms with E-state index in [1.165, 1.54) is 0 Å². The molecule has 1 aromatic heterocycles. The summed E-state index contributed by atoms with van der Waals surface area (Å²) in [7, 11) is 1.95. The molecule has 0 spiro atoms. The number of aryl methyl sites for hydroxylation is 1. The van der Waals surface area contributed by atoms with Crippen molar-refractivity contribution in [3.05, 3.63) is 34.9 Å². The summed E-state index contributed by atoms with van der Waals surface area (Å²) in [5.41, 5.74) is 6.44. The second kappa shape index (κ2) is 4.98. The first-order valence-electron chi connectivity index (χ1n) is 5.10. The molecule has 2 rings (SSSR count). The molecule has 0 atom stereocenters. The molecule has 0 aliphatic heterocycles. The van der Waals surface area contributed by atoms with Crippen molar-refractivity contribution in [1.29, 1.82) is 0 Å². The highest BCUT2D eigenvalue weighted by atomic mass is 35.5. The van der Waals surface area contributed by atoms with E-state index in [0.29, 0.717) is 10.7 Å². The highest BCUT2D eigenvalue weighted by molar-refractivity contribution is 7.98. The summed E-state index contributed by atoms with van der Waals surface area (Å²) < 4.78 is 1.97. The van der Waals surface area contributed by atoms with Gasteiger partial charge >= 0.3 is 0 Å². The molecule has 0 unspecified atom stereocenters. The smallest absolute Gasteiger partial charge is 0.143 e. The van der Waals surface area contributed by atoms with E-state index < -0.39 is 0 Å². The molecule has 0 fully saturated rings. The molecule has 0 aliphatic carbocycles. The predicted molar refractivity (Wildman–Crippen MR) is 71.2 cm³/mol. The Bertz CT molecular complexity index is 538. The Morgan fingerprint density at radius 1 is 1.41 bits per heavy atom. The normalized spacial score (nSPS) is 10.8. The Morgan fingerprint density at radius 3 is 2.82 bits per heavy atom. The fourth-order valence-electron chi connectivity index (χ4n) is 1.35. The number of rotatable bonds is 3. The lowest BCUT2D eigenvalue weighted by Crippen LogP contribution is -1.97. The van der Waals surface area contributed by atoms with E-state index >= 15 is 0 Å². The standard InChI is InChI=1S/C11H13ClN4S/c1-7-14-15-11(16(7)2)6-17-10-5-8(13)3-4-9(10)12/h3-5H,6,13H2,1-2H3. The lowest BCUT2D eigenvalue weighted by Gasteiger charge is -2.05. The van der Waals surface area contributed by atoms with Crippen LogP contribution in [0.5, 0.6) is 0 Å². The van der Waals surface area contributed by atoms with Gasteiger partial charge in [0.15, 0.2) is 0 Å². The number of anilines is 1. The van der Waals surface area contributed by atoms with Crippen LogP contribution in [0.1, 0.15) is 11.6 Å². The first-order valence-corrected chi connectivity index (χ1v) is 6.47. The van der Waals surface area contributed by atoms with Crippen LogP contribution in [0, 0.1) is 6.92 Å². The molecule has 17 heavy (non-hydrogen) atoms. The number of nitrogens with zero attached hydrogens (tertiary/aromatic N) is 3. The Labute approximate surface area is 109 Å². The number of hydrogen-bond acceptors (Lipinski definition) is 4. The van der Waals surface area contributed by atoms with Crippen molar-refractivity contribution in [2.75, 3.05) is 5.73 Å². The zero-order valence-electron chi connectivity index (χ0n) is 9.64. The van der Waals surface area contributed by atoms with Gasteiger partial charge in [-0.1, -0.05) is 11.6 Å². The predicted octanol–water partition coefficient (Wildman–Crippen LogP) is 2.65. The molecule has 2 N–H and O–H groups in total. The average molecular weight is 269 g/mol. The Kier molecular flexibility index (Phi) is 3.59. The molecule has 1 heterocycles. The third-order valence-corrected chi connectivity index (χ3v) is 3.99. The Hall–Kier alpha value is -1.20. The van der Waals surface area contributed by atoms with Crippen molar-refractivity contribution in [3.8, 4) is 0 Å². The minimum atomic E-state index is 0.711. The molecule has 4 nitrogen and oxygen atoms in total. The molecule has 0 saturated carbocycles. The molecule has 0 aliphatic rings. The van der Waals surface area contributed by atoms with Gasteiger partial charge in [-0.15, -0.1) is 22.0 Å². The van der Waals surface area contributed by atoms with Crippen LogP contribution >= 0.6 is 23.4 Å². The first-order chi connectivity index (χ1) is 8.08. The minimum Gasteiger partial charge on any atom is -0.399 e. The zero-order valence-corrected chi connectivity index (χ0v) is 11.2. The van der Waals surface area contributed by atoms with Gasteiger partial charge in [-0.05, 0) is 25.1 Å². The van der Waals surface area contributed by atoms with Gasteiger partial charge in [0.25, 0.3) is 0 Å². The molecule has 1 aromatic carbocycles. The molecule has 0 saturated heterocycles. The maximum absolute atomic E-state index is 6.09. The van der Waals surface area contributed by atoms with E-state index in [2.05, 4.69) is 10.2 Å². The summed E-state index contributed by atoms with van der Waals surface area (Å²) in [6.07, 6.45) is 0. The van der Waals surface area contributed by atoms with Crippen molar-refractivity contribution < 1.29 is 0 Å². The Balaban J connectivity index is 2.12. The first kappa shape index (κ1) is 12.3. The Morgan fingerprint density at radius 2 is 2.18 bits per heavy atom. The molecule has 90 valence electrons. The number of nitrogen functional groups attached to an aromatic ring is 1. The lowest BCUT2D eigenvalue weighted by atomic mass is 10.3. The number of aromatic nitrogens is 3. The summed E-state index contributed by atoms with van der Waals surface area (Å²) in [5, 5.41) is 8.82. The van der Waals surface area contributed by atoms with Crippen LogP contribution in [-0.4, -0.2) is 14.8 Å². The monoisotopic (exact) mass is 268 g/mol. The number of halogens is 1. The van der Waals surface area contributed by atoms with Crippen LogP contribution in [0.2, 0.25) is 5.02 Å². The van der Waals surface area contributed by atoms with Crippen molar-refractivity contribution in [1.82, 2.24) is 14.8 Å². The lowest BCUT2D eigenvalue weighted by molar-refractivity contribution is 0.817. The van der Waals surface area contributed by atoms with E-state index in [4.69, 9.17) is 17.3 Å². The quantitative estimate of drug-likeness (QED) is 0.687. The molecular formula is C11H13ClN4S.